The number of ether oxygens (including phenoxy) is 1. The summed E-state index contributed by atoms with van der Waals surface area (Å²) in [6.45, 7) is 0.885. The van der Waals surface area contributed by atoms with Gasteiger partial charge in [0.25, 0.3) is 5.91 Å². The van der Waals surface area contributed by atoms with Gasteiger partial charge in [0.05, 0.1) is 6.04 Å². The van der Waals surface area contributed by atoms with E-state index in [9.17, 15) is 9.59 Å². The molecule has 6 nitrogen and oxygen atoms in total. The zero-order valence-electron chi connectivity index (χ0n) is 13.4. The van der Waals surface area contributed by atoms with Crippen molar-refractivity contribution in [2.75, 3.05) is 13.2 Å². The average molecular weight is 352 g/mol. The number of hydrogen-bond acceptors (Lipinski definition) is 4. The molecule has 1 heterocycles. The Bertz CT molecular complexity index is 581. The fraction of sp³-hybridized carbons (Fsp3) is 0.529. The van der Waals surface area contributed by atoms with Crippen molar-refractivity contribution in [1.29, 1.82) is 0 Å². The lowest BCUT2D eigenvalue weighted by Gasteiger charge is -2.36. The zero-order chi connectivity index (χ0) is 16.9. The van der Waals surface area contributed by atoms with Crippen molar-refractivity contribution >= 4 is 23.4 Å². The molecule has 1 aliphatic heterocycles. The van der Waals surface area contributed by atoms with Crippen molar-refractivity contribution in [3.8, 4) is 5.75 Å². The number of benzene rings is 1. The average Bonchev–Trinajstić information content (AvgIpc) is 3.06. The molecule has 1 aromatic carbocycles. The predicted octanol–water partition coefficient (Wildman–Crippen LogP) is 1.23. The number of carbonyl (C=O) groups excluding carboxylic acids is 2. The molecule has 3 rings (SSSR count). The van der Waals surface area contributed by atoms with Gasteiger partial charge < -0.3 is 20.7 Å². The highest BCUT2D eigenvalue weighted by Crippen LogP contribution is 2.21. The Hall–Kier alpha value is -1.79. The maximum atomic E-state index is 12.0. The maximum absolute atomic E-state index is 12.0. The summed E-state index contributed by atoms with van der Waals surface area (Å²) >= 11 is 5.79. The molecule has 0 radical (unpaired) electrons. The van der Waals surface area contributed by atoms with Crippen LogP contribution in [0.15, 0.2) is 24.3 Å². The van der Waals surface area contributed by atoms with E-state index in [0.29, 0.717) is 10.8 Å². The number of halogens is 1. The molecule has 1 atom stereocenters. The Labute approximate surface area is 146 Å². The summed E-state index contributed by atoms with van der Waals surface area (Å²) in [6, 6.07) is 7.09. The van der Waals surface area contributed by atoms with Crippen LogP contribution in [0.1, 0.15) is 25.7 Å². The van der Waals surface area contributed by atoms with Crippen LogP contribution in [0.5, 0.6) is 5.75 Å². The molecule has 0 aromatic heterocycles. The van der Waals surface area contributed by atoms with Gasteiger partial charge in [-0.1, -0.05) is 11.6 Å². The topological polar surface area (TPSA) is 79.5 Å². The minimum absolute atomic E-state index is 0.0266. The Morgan fingerprint density at radius 2 is 1.88 bits per heavy atom. The summed E-state index contributed by atoms with van der Waals surface area (Å²) in [6.07, 6.45) is 3.49. The molecule has 24 heavy (non-hydrogen) atoms. The van der Waals surface area contributed by atoms with E-state index in [-0.39, 0.29) is 36.5 Å². The lowest BCUT2D eigenvalue weighted by Crippen LogP contribution is -2.56. The Balaban J connectivity index is 1.31. The molecule has 0 bridgehead atoms. The van der Waals surface area contributed by atoms with E-state index in [2.05, 4.69) is 16.0 Å². The summed E-state index contributed by atoms with van der Waals surface area (Å²) < 4.78 is 5.40. The monoisotopic (exact) mass is 351 g/mol. The molecule has 1 saturated heterocycles. The normalized spacial score (nSPS) is 25.6. The second kappa shape index (κ2) is 7.85. The van der Waals surface area contributed by atoms with Crippen LogP contribution in [-0.2, 0) is 9.59 Å². The van der Waals surface area contributed by atoms with Gasteiger partial charge in [-0.2, -0.15) is 0 Å². The van der Waals surface area contributed by atoms with Crippen LogP contribution in [0.4, 0.5) is 0 Å². The van der Waals surface area contributed by atoms with Gasteiger partial charge in [0, 0.05) is 17.1 Å². The van der Waals surface area contributed by atoms with Gasteiger partial charge in [-0.15, -0.1) is 0 Å². The minimum Gasteiger partial charge on any atom is -0.484 e. The molecule has 0 spiro atoms. The molecule has 2 aliphatic rings. The first-order valence-corrected chi connectivity index (χ1v) is 8.69. The lowest BCUT2D eigenvalue weighted by molar-refractivity contribution is -0.125. The molecular weight excluding hydrogens is 330 g/mol. The largest absolute Gasteiger partial charge is 0.484 e. The molecule has 1 saturated carbocycles. The van der Waals surface area contributed by atoms with Crippen LogP contribution in [0.25, 0.3) is 0 Å². The van der Waals surface area contributed by atoms with E-state index in [1.807, 2.05) is 0 Å². The quantitative estimate of drug-likeness (QED) is 0.720. The third-order valence-corrected chi connectivity index (χ3v) is 4.66. The van der Waals surface area contributed by atoms with Gasteiger partial charge in [-0.3, -0.25) is 9.59 Å². The lowest BCUT2D eigenvalue weighted by atomic mass is 9.86. The summed E-state index contributed by atoms with van der Waals surface area (Å²) in [4.78, 5) is 23.8. The Morgan fingerprint density at radius 1 is 1.17 bits per heavy atom. The minimum atomic E-state index is -0.155. The third-order valence-electron chi connectivity index (χ3n) is 4.41. The van der Waals surface area contributed by atoms with Crippen molar-refractivity contribution in [2.45, 2.75) is 43.8 Å². The number of rotatable bonds is 6. The fourth-order valence-corrected chi connectivity index (χ4v) is 3.14. The van der Waals surface area contributed by atoms with Crippen LogP contribution < -0.4 is 20.7 Å². The first kappa shape index (κ1) is 17.0. The molecule has 2 amide bonds. The Kier molecular flexibility index (Phi) is 5.58. The maximum Gasteiger partial charge on any atom is 0.258 e. The summed E-state index contributed by atoms with van der Waals surface area (Å²) in [7, 11) is 0. The van der Waals surface area contributed by atoms with Crippen molar-refractivity contribution in [3.05, 3.63) is 29.3 Å². The molecule has 2 fully saturated rings. The van der Waals surface area contributed by atoms with Gasteiger partial charge in [0.1, 0.15) is 5.75 Å². The first-order valence-electron chi connectivity index (χ1n) is 8.31. The number of amides is 2. The smallest absolute Gasteiger partial charge is 0.258 e. The highest BCUT2D eigenvalue weighted by Gasteiger charge is 2.33. The molecule has 3 N–H and O–H groups in total. The summed E-state index contributed by atoms with van der Waals surface area (Å²) in [5.74, 6) is 0.530. The van der Waals surface area contributed by atoms with Crippen molar-refractivity contribution in [3.63, 3.8) is 0 Å². The van der Waals surface area contributed by atoms with Crippen LogP contribution in [-0.4, -0.2) is 43.1 Å². The second-order valence-corrected chi connectivity index (χ2v) is 6.77. The van der Waals surface area contributed by atoms with Crippen molar-refractivity contribution in [1.82, 2.24) is 16.0 Å². The van der Waals surface area contributed by atoms with Gasteiger partial charge in [0.15, 0.2) is 6.61 Å². The van der Waals surface area contributed by atoms with E-state index in [4.69, 9.17) is 16.3 Å². The van der Waals surface area contributed by atoms with Crippen molar-refractivity contribution < 1.29 is 14.3 Å². The summed E-state index contributed by atoms with van der Waals surface area (Å²) in [5.41, 5.74) is 0. The van der Waals surface area contributed by atoms with E-state index >= 15 is 0 Å². The van der Waals surface area contributed by atoms with Crippen LogP contribution in [0.3, 0.4) is 0 Å². The van der Waals surface area contributed by atoms with E-state index < -0.39 is 0 Å². The van der Waals surface area contributed by atoms with Gasteiger partial charge in [-0.25, -0.2) is 0 Å². The van der Waals surface area contributed by atoms with Crippen molar-refractivity contribution in [2.24, 2.45) is 0 Å². The van der Waals surface area contributed by atoms with Crippen LogP contribution in [0.2, 0.25) is 5.02 Å². The third kappa shape index (κ3) is 4.61. The predicted molar refractivity (Wildman–Crippen MR) is 91.1 cm³/mol. The highest BCUT2D eigenvalue weighted by molar-refractivity contribution is 6.30. The molecule has 1 unspecified atom stereocenters. The number of hydrogen-bond donors (Lipinski definition) is 3. The molecule has 7 heteroatoms. The highest BCUT2D eigenvalue weighted by atomic mass is 35.5. The van der Waals surface area contributed by atoms with Gasteiger partial charge in [0.2, 0.25) is 5.91 Å². The van der Waals surface area contributed by atoms with E-state index in [1.54, 1.807) is 24.3 Å². The number of carbonyl (C=O) groups is 2. The SMILES string of the molecule is O=C(COc1ccc(Cl)cc1)NC1CC(NC(=O)C2CCCN2)C1. The van der Waals surface area contributed by atoms with Gasteiger partial charge >= 0.3 is 0 Å². The van der Waals surface area contributed by atoms with Gasteiger partial charge in [-0.05, 0) is 56.5 Å². The molecule has 1 aliphatic carbocycles. The zero-order valence-corrected chi connectivity index (χ0v) is 14.1. The standard InChI is InChI=1S/C17H22ClN3O3/c18-11-3-5-14(6-4-11)24-10-16(22)20-12-8-13(9-12)21-17(23)15-2-1-7-19-15/h3-6,12-13,15,19H,1-2,7-10H2,(H,20,22)(H,21,23). The molecule has 130 valence electrons. The second-order valence-electron chi connectivity index (χ2n) is 6.33. The number of nitrogens with one attached hydrogen (secondary N) is 3. The molecular formula is C17H22ClN3O3. The van der Waals surface area contributed by atoms with Crippen LogP contribution >= 0.6 is 11.6 Å². The van der Waals surface area contributed by atoms with E-state index in [0.717, 1.165) is 32.2 Å². The first-order chi connectivity index (χ1) is 11.6. The molecule has 1 aromatic rings. The van der Waals surface area contributed by atoms with E-state index in [1.165, 1.54) is 0 Å². The summed E-state index contributed by atoms with van der Waals surface area (Å²) in [5, 5.41) is 9.75. The Morgan fingerprint density at radius 3 is 2.54 bits per heavy atom. The fourth-order valence-electron chi connectivity index (χ4n) is 3.01. The van der Waals surface area contributed by atoms with Crippen LogP contribution in [0, 0.1) is 0 Å².